The van der Waals surface area contributed by atoms with Crippen LogP contribution in [0.4, 0.5) is 0 Å². The first-order chi connectivity index (χ1) is 11.7. The molecule has 0 radical (unpaired) electrons. The Kier molecular flexibility index (Phi) is 5.62. The number of carbonyl (C=O) groups is 2. The molecule has 0 aliphatic carbocycles. The van der Waals surface area contributed by atoms with Gasteiger partial charge >= 0.3 is 5.97 Å². The SMILES string of the molecule is CCc1cc(C(=O)NC(CC(=O)O)c2ccc(C(C)(C)C)cc2)n[nH]1. The Labute approximate surface area is 147 Å². The van der Waals surface area contributed by atoms with Crippen molar-refractivity contribution < 1.29 is 14.7 Å². The smallest absolute Gasteiger partial charge is 0.305 e. The topological polar surface area (TPSA) is 95.1 Å². The van der Waals surface area contributed by atoms with Crippen LogP contribution in [-0.4, -0.2) is 27.2 Å². The minimum Gasteiger partial charge on any atom is -0.481 e. The van der Waals surface area contributed by atoms with Crippen molar-refractivity contribution in [3.8, 4) is 0 Å². The molecule has 0 fully saturated rings. The van der Waals surface area contributed by atoms with Crippen molar-refractivity contribution in [2.75, 3.05) is 0 Å². The van der Waals surface area contributed by atoms with Crippen molar-refractivity contribution >= 4 is 11.9 Å². The van der Waals surface area contributed by atoms with Crippen LogP contribution in [0.15, 0.2) is 30.3 Å². The number of nitrogens with zero attached hydrogens (tertiary/aromatic N) is 1. The Bertz CT molecular complexity index is 742. The molecule has 1 unspecified atom stereocenters. The molecule has 1 amide bonds. The summed E-state index contributed by atoms with van der Waals surface area (Å²) in [4.78, 5) is 23.6. The number of hydrogen-bond donors (Lipinski definition) is 3. The quantitative estimate of drug-likeness (QED) is 0.750. The molecule has 6 heteroatoms. The van der Waals surface area contributed by atoms with E-state index in [0.717, 1.165) is 23.2 Å². The molecule has 25 heavy (non-hydrogen) atoms. The van der Waals surface area contributed by atoms with Gasteiger partial charge in [-0.2, -0.15) is 5.10 Å². The maximum Gasteiger partial charge on any atom is 0.305 e. The van der Waals surface area contributed by atoms with E-state index in [2.05, 4.69) is 36.3 Å². The summed E-state index contributed by atoms with van der Waals surface area (Å²) >= 11 is 0. The monoisotopic (exact) mass is 343 g/mol. The van der Waals surface area contributed by atoms with Gasteiger partial charge in [0.15, 0.2) is 0 Å². The van der Waals surface area contributed by atoms with Crippen molar-refractivity contribution in [3.05, 3.63) is 52.8 Å². The van der Waals surface area contributed by atoms with E-state index in [1.807, 2.05) is 31.2 Å². The van der Waals surface area contributed by atoms with E-state index in [1.54, 1.807) is 6.07 Å². The zero-order valence-corrected chi connectivity index (χ0v) is 15.1. The summed E-state index contributed by atoms with van der Waals surface area (Å²) in [7, 11) is 0. The lowest BCUT2D eigenvalue weighted by atomic mass is 9.86. The minimum absolute atomic E-state index is 0.00959. The van der Waals surface area contributed by atoms with Gasteiger partial charge in [-0.05, 0) is 29.0 Å². The number of carbonyl (C=O) groups excluding carboxylic acids is 1. The minimum atomic E-state index is -0.971. The molecule has 1 heterocycles. The normalized spacial score (nSPS) is 12.6. The molecule has 134 valence electrons. The number of carboxylic acids is 1. The lowest BCUT2D eigenvalue weighted by Gasteiger charge is -2.21. The van der Waals surface area contributed by atoms with Gasteiger partial charge in [-0.25, -0.2) is 0 Å². The van der Waals surface area contributed by atoms with E-state index >= 15 is 0 Å². The van der Waals surface area contributed by atoms with Crippen LogP contribution in [0.1, 0.15) is 67.5 Å². The Hall–Kier alpha value is -2.63. The third-order valence-electron chi connectivity index (χ3n) is 4.11. The third kappa shape index (κ3) is 4.92. The van der Waals surface area contributed by atoms with E-state index in [4.69, 9.17) is 0 Å². The highest BCUT2D eigenvalue weighted by Crippen LogP contribution is 2.25. The van der Waals surface area contributed by atoms with E-state index < -0.39 is 12.0 Å². The van der Waals surface area contributed by atoms with Gasteiger partial charge < -0.3 is 10.4 Å². The second-order valence-corrected chi connectivity index (χ2v) is 7.13. The molecule has 2 rings (SSSR count). The number of aromatic amines is 1. The average Bonchev–Trinajstić information content (AvgIpc) is 3.02. The fourth-order valence-electron chi connectivity index (χ4n) is 2.53. The van der Waals surface area contributed by atoms with Gasteiger partial charge in [0, 0.05) is 5.69 Å². The van der Waals surface area contributed by atoms with Crippen LogP contribution in [-0.2, 0) is 16.6 Å². The highest BCUT2D eigenvalue weighted by atomic mass is 16.4. The lowest BCUT2D eigenvalue weighted by Crippen LogP contribution is -2.30. The molecule has 1 atom stereocenters. The zero-order valence-electron chi connectivity index (χ0n) is 15.1. The Morgan fingerprint density at radius 2 is 1.88 bits per heavy atom. The summed E-state index contributed by atoms with van der Waals surface area (Å²) in [6.07, 6.45) is 0.554. The van der Waals surface area contributed by atoms with Crippen molar-refractivity contribution in [2.45, 2.75) is 52.0 Å². The largest absolute Gasteiger partial charge is 0.481 e. The standard InChI is InChI=1S/C19H25N3O3/c1-5-14-10-16(22-21-14)18(25)20-15(11-17(23)24)12-6-8-13(9-7-12)19(2,3)4/h6-10,15H,5,11H2,1-4H3,(H,20,25)(H,21,22)(H,23,24). The molecule has 0 saturated heterocycles. The first kappa shape index (κ1) is 18.7. The molecular formula is C19H25N3O3. The summed E-state index contributed by atoms with van der Waals surface area (Å²) in [6.45, 7) is 8.30. The maximum atomic E-state index is 12.4. The fourth-order valence-corrected chi connectivity index (χ4v) is 2.53. The Balaban J connectivity index is 2.20. The average molecular weight is 343 g/mol. The van der Waals surface area contributed by atoms with Crippen LogP contribution in [0.5, 0.6) is 0 Å². The van der Waals surface area contributed by atoms with Gasteiger partial charge in [-0.15, -0.1) is 0 Å². The van der Waals surface area contributed by atoms with Crippen LogP contribution in [0.3, 0.4) is 0 Å². The molecule has 2 aromatic rings. The molecule has 3 N–H and O–H groups in total. The van der Waals surface area contributed by atoms with Gasteiger partial charge in [0.05, 0.1) is 12.5 Å². The molecule has 1 aromatic heterocycles. The summed E-state index contributed by atoms with van der Waals surface area (Å²) in [5.41, 5.74) is 3.04. The van der Waals surface area contributed by atoms with Gasteiger partial charge in [0.1, 0.15) is 5.69 Å². The molecule has 0 saturated carbocycles. The Morgan fingerprint density at radius 1 is 1.24 bits per heavy atom. The second kappa shape index (κ2) is 7.51. The number of aromatic nitrogens is 2. The summed E-state index contributed by atoms with van der Waals surface area (Å²) in [6, 6.07) is 8.75. The van der Waals surface area contributed by atoms with Crippen LogP contribution >= 0.6 is 0 Å². The van der Waals surface area contributed by atoms with Crippen LogP contribution < -0.4 is 5.32 Å². The van der Waals surface area contributed by atoms with Crippen LogP contribution in [0.2, 0.25) is 0 Å². The maximum absolute atomic E-state index is 12.4. The van der Waals surface area contributed by atoms with Crippen molar-refractivity contribution in [1.82, 2.24) is 15.5 Å². The van der Waals surface area contributed by atoms with Gasteiger partial charge in [0.25, 0.3) is 5.91 Å². The number of rotatable bonds is 6. The molecule has 0 bridgehead atoms. The number of H-pyrrole nitrogens is 1. The fraction of sp³-hybridized carbons (Fsp3) is 0.421. The number of amides is 1. The number of hydrogen-bond acceptors (Lipinski definition) is 3. The van der Waals surface area contributed by atoms with E-state index in [1.165, 1.54) is 0 Å². The lowest BCUT2D eigenvalue weighted by molar-refractivity contribution is -0.137. The zero-order chi connectivity index (χ0) is 18.6. The number of carboxylic acid groups (broad SMARTS) is 1. The van der Waals surface area contributed by atoms with E-state index in [-0.39, 0.29) is 23.4 Å². The summed E-state index contributed by atoms with van der Waals surface area (Å²) in [5.74, 6) is -1.36. The number of aliphatic carboxylic acids is 1. The number of aryl methyl sites for hydroxylation is 1. The van der Waals surface area contributed by atoms with Crippen LogP contribution in [0, 0.1) is 0 Å². The molecule has 0 aliphatic heterocycles. The molecule has 0 spiro atoms. The molecule has 6 nitrogen and oxygen atoms in total. The van der Waals surface area contributed by atoms with Crippen molar-refractivity contribution in [2.24, 2.45) is 0 Å². The predicted octanol–water partition coefficient (Wildman–Crippen LogP) is 3.22. The Morgan fingerprint density at radius 3 is 2.36 bits per heavy atom. The number of nitrogens with one attached hydrogen (secondary N) is 2. The van der Waals surface area contributed by atoms with E-state index in [9.17, 15) is 14.7 Å². The predicted molar refractivity (Wildman–Crippen MR) is 95.6 cm³/mol. The first-order valence-corrected chi connectivity index (χ1v) is 8.38. The van der Waals surface area contributed by atoms with Gasteiger partial charge in [0.2, 0.25) is 0 Å². The highest BCUT2D eigenvalue weighted by molar-refractivity contribution is 5.92. The van der Waals surface area contributed by atoms with Gasteiger partial charge in [-0.3, -0.25) is 14.7 Å². The van der Waals surface area contributed by atoms with Crippen molar-refractivity contribution in [1.29, 1.82) is 0 Å². The first-order valence-electron chi connectivity index (χ1n) is 8.38. The molecule has 1 aromatic carbocycles. The van der Waals surface area contributed by atoms with E-state index in [0.29, 0.717) is 0 Å². The third-order valence-corrected chi connectivity index (χ3v) is 4.11. The molecular weight excluding hydrogens is 318 g/mol. The highest BCUT2D eigenvalue weighted by Gasteiger charge is 2.21. The van der Waals surface area contributed by atoms with Gasteiger partial charge in [-0.1, -0.05) is 52.0 Å². The molecule has 0 aliphatic rings. The number of benzene rings is 1. The van der Waals surface area contributed by atoms with Crippen LogP contribution in [0.25, 0.3) is 0 Å². The second-order valence-electron chi connectivity index (χ2n) is 7.13. The summed E-state index contributed by atoms with van der Waals surface area (Å²) < 4.78 is 0. The van der Waals surface area contributed by atoms with Crippen molar-refractivity contribution in [3.63, 3.8) is 0 Å². The summed E-state index contributed by atoms with van der Waals surface area (Å²) in [5, 5.41) is 18.7.